The Morgan fingerprint density at radius 3 is 2.57 bits per heavy atom. The number of hydrogen-bond donors (Lipinski definition) is 0. The van der Waals surface area contributed by atoms with Crippen molar-refractivity contribution in [1.82, 2.24) is 14.9 Å². The Labute approximate surface area is 127 Å². The number of rotatable bonds is 2. The van der Waals surface area contributed by atoms with Crippen LogP contribution in [-0.4, -0.2) is 28.0 Å². The van der Waals surface area contributed by atoms with Crippen LogP contribution in [0.15, 0.2) is 24.5 Å². The lowest BCUT2D eigenvalue weighted by molar-refractivity contribution is 0.221. The fourth-order valence-electron chi connectivity index (χ4n) is 3.12. The molecule has 0 aromatic carbocycles. The highest BCUT2D eigenvalue weighted by molar-refractivity contribution is 5.81. The standard InChI is InChI=1S/C18H25N3/c1-18(2,3)17-16-15(7-8-19-17)11-14(12-20-16)13-21-9-5-4-6-10-21/h7-8,11-12H,4-6,9-10,13H2,1-3H3. The molecule has 3 heteroatoms. The Hall–Kier alpha value is -1.48. The predicted molar refractivity (Wildman–Crippen MR) is 87.4 cm³/mol. The van der Waals surface area contributed by atoms with Gasteiger partial charge in [-0.3, -0.25) is 14.9 Å². The summed E-state index contributed by atoms with van der Waals surface area (Å²) in [6.07, 6.45) is 7.99. The first-order valence-electron chi connectivity index (χ1n) is 8.00. The molecule has 112 valence electrons. The Morgan fingerprint density at radius 1 is 1.10 bits per heavy atom. The summed E-state index contributed by atoms with van der Waals surface area (Å²) in [5.41, 5.74) is 3.48. The summed E-state index contributed by atoms with van der Waals surface area (Å²) in [5.74, 6) is 0. The zero-order valence-electron chi connectivity index (χ0n) is 13.4. The van der Waals surface area contributed by atoms with E-state index in [1.165, 1.54) is 43.3 Å². The average molecular weight is 283 g/mol. The van der Waals surface area contributed by atoms with Gasteiger partial charge in [-0.1, -0.05) is 27.2 Å². The molecule has 21 heavy (non-hydrogen) atoms. The van der Waals surface area contributed by atoms with Crippen LogP contribution in [0, 0.1) is 0 Å². The van der Waals surface area contributed by atoms with E-state index in [0.717, 1.165) is 17.8 Å². The van der Waals surface area contributed by atoms with Crippen molar-refractivity contribution in [2.45, 2.75) is 52.0 Å². The third-order valence-corrected chi connectivity index (χ3v) is 4.22. The molecular formula is C18H25N3. The number of hydrogen-bond acceptors (Lipinski definition) is 3. The van der Waals surface area contributed by atoms with Crippen LogP contribution < -0.4 is 0 Å². The molecule has 2 aromatic rings. The zero-order valence-corrected chi connectivity index (χ0v) is 13.4. The first-order chi connectivity index (χ1) is 10.0. The van der Waals surface area contributed by atoms with Crippen molar-refractivity contribution in [3.05, 3.63) is 35.8 Å². The lowest BCUT2D eigenvalue weighted by atomic mass is 9.90. The molecule has 0 unspecified atom stereocenters. The molecule has 0 aliphatic carbocycles. The minimum absolute atomic E-state index is 0.0287. The number of pyridine rings is 2. The molecule has 0 saturated carbocycles. The highest BCUT2D eigenvalue weighted by Crippen LogP contribution is 2.27. The summed E-state index contributed by atoms with van der Waals surface area (Å²) >= 11 is 0. The van der Waals surface area contributed by atoms with E-state index in [9.17, 15) is 0 Å². The second-order valence-corrected chi connectivity index (χ2v) is 7.16. The summed E-state index contributed by atoms with van der Waals surface area (Å²) in [5, 5.41) is 1.21. The van der Waals surface area contributed by atoms with E-state index in [2.05, 4.69) is 42.8 Å². The van der Waals surface area contributed by atoms with E-state index in [1.54, 1.807) is 0 Å². The second kappa shape index (κ2) is 5.72. The van der Waals surface area contributed by atoms with Crippen LogP contribution in [0.25, 0.3) is 10.9 Å². The van der Waals surface area contributed by atoms with Gasteiger partial charge in [-0.05, 0) is 43.6 Å². The van der Waals surface area contributed by atoms with Crippen molar-refractivity contribution < 1.29 is 0 Å². The van der Waals surface area contributed by atoms with Crippen molar-refractivity contribution in [3.63, 3.8) is 0 Å². The zero-order chi connectivity index (χ0) is 14.9. The molecular weight excluding hydrogens is 258 g/mol. The summed E-state index contributed by atoms with van der Waals surface area (Å²) < 4.78 is 0. The normalized spacial score (nSPS) is 17.3. The monoisotopic (exact) mass is 283 g/mol. The van der Waals surface area contributed by atoms with E-state index in [0.29, 0.717) is 0 Å². The molecule has 1 fully saturated rings. The first kappa shape index (κ1) is 14.5. The van der Waals surface area contributed by atoms with E-state index in [1.807, 2.05) is 12.4 Å². The third-order valence-electron chi connectivity index (χ3n) is 4.22. The maximum Gasteiger partial charge on any atom is 0.0922 e. The van der Waals surface area contributed by atoms with Gasteiger partial charge in [0.1, 0.15) is 0 Å². The largest absolute Gasteiger partial charge is 0.299 e. The highest BCUT2D eigenvalue weighted by Gasteiger charge is 2.19. The van der Waals surface area contributed by atoms with Crippen LogP contribution in [0.2, 0.25) is 0 Å². The molecule has 0 N–H and O–H groups in total. The lowest BCUT2D eigenvalue weighted by Crippen LogP contribution is -2.29. The quantitative estimate of drug-likeness (QED) is 0.836. The maximum absolute atomic E-state index is 4.72. The molecule has 0 radical (unpaired) electrons. The van der Waals surface area contributed by atoms with Gasteiger partial charge in [0, 0.05) is 29.7 Å². The predicted octanol–water partition coefficient (Wildman–Crippen LogP) is 3.91. The number of aromatic nitrogens is 2. The Bertz CT molecular complexity index is 622. The van der Waals surface area contributed by atoms with E-state index in [-0.39, 0.29) is 5.41 Å². The van der Waals surface area contributed by atoms with Gasteiger partial charge in [-0.25, -0.2) is 0 Å². The molecule has 0 bridgehead atoms. The summed E-state index contributed by atoms with van der Waals surface area (Å²) in [6, 6.07) is 4.37. The minimum Gasteiger partial charge on any atom is -0.299 e. The maximum atomic E-state index is 4.72. The number of nitrogens with zero attached hydrogens (tertiary/aromatic N) is 3. The van der Waals surface area contributed by atoms with Gasteiger partial charge in [0.25, 0.3) is 0 Å². The van der Waals surface area contributed by atoms with E-state index >= 15 is 0 Å². The summed E-state index contributed by atoms with van der Waals surface area (Å²) in [4.78, 5) is 11.8. The molecule has 0 spiro atoms. The molecule has 3 rings (SSSR count). The average Bonchev–Trinajstić information content (AvgIpc) is 2.46. The van der Waals surface area contributed by atoms with Gasteiger partial charge in [-0.15, -0.1) is 0 Å². The molecule has 2 aromatic heterocycles. The SMILES string of the molecule is CC(C)(C)c1nccc2cc(CN3CCCCC3)cnc12. The smallest absolute Gasteiger partial charge is 0.0922 e. The van der Waals surface area contributed by atoms with Crippen molar-refractivity contribution in [1.29, 1.82) is 0 Å². The van der Waals surface area contributed by atoms with E-state index in [4.69, 9.17) is 4.98 Å². The molecule has 3 nitrogen and oxygen atoms in total. The topological polar surface area (TPSA) is 29.0 Å². The van der Waals surface area contributed by atoms with Crippen molar-refractivity contribution in [3.8, 4) is 0 Å². The molecule has 1 aliphatic rings. The molecule has 1 aliphatic heterocycles. The number of fused-ring (bicyclic) bond motifs is 1. The van der Waals surface area contributed by atoms with Gasteiger partial charge in [0.15, 0.2) is 0 Å². The fraction of sp³-hybridized carbons (Fsp3) is 0.556. The van der Waals surface area contributed by atoms with Crippen LogP contribution in [-0.2, 0) is 12.0 Å². The van der Waals surface area contributed by atoms with Crippen molar-refractivity contribution >= 4 is 10.9 Å². The van der Waals surface area contributed by atoms with Gasteiger partial charge in [0.2, 0.25) is 0 Å². The third kappa shape index (κ3) is 3.24. The molecule has 3 heterocycles. The fourth-order valence-corrected chi connectivity index (χ4v) is 3.12. The highest BCUT2D eigenvalue weighted by atomic mass is 15.1. The van der Waals surface area contributed by atoms with Crippen LogP contribution >= 0.6 is 0 Å². The number of piperidine rings is 1. The lowest BCUT2D eigenvalue weighted by Gasteiger charge is -2.26. The Balaban J connectivity index is 1.90. The van der Waals surface area contributed by atoms with Gasteiger partial charge in [0.05, 0.1) is 11.2 Å². The Morgan fingerprint density at radius 2 is 1.86 bits per heavy atom. The van der Waals surface area contributed by atoms with Gasteiger partial charge < -0.3 is 0 Å². The van der Waals surface area contributed by atoms with Gasteiger partial charge >= 0.3 is 0 Å². The van der Waals surface area contributed by atoms with Crippen molar-refractivity contribution in [2.75, 3.05) is 13.1 Å². The summed E-state index contributed by atoms with van der Waals surface area (Å²) in [7, 11) is 0. The first-order valence-corrected chi connectivity index (χ1v) is 8.00. The molecule has 0 amide bonds. The minimum atomic E-state index is 0.0287. The second-order valence-electron chi connectivity index (χ2n) is 7.16. The summed E-state index contributed by atoms with van der Waals surface area (Å²) in [6.45, 7) is 10.0. The Kier molecular flexibility index (Phi) is 3.94. The van der Waals surface area contributed by atoms with Crippen LogP contribution in [0.1, 0.15) is 51.3 Å². The van der Waals surface area contributed by atoms with E-state index < -0.39 is 0 Å². The molecule has 0 atom stereocenters. The van der Waals surface area contributed by atoms with Gasteiger partial charge in [-0.2, -0.15) is 0 Å². The number of likely N-dealkylation sites (tertiary alicyclic amines) is 1. The van der Waals surface area contributed by atoms with Crippen LogP contribution in [0.5, 0.6) is 0 Å². The van der Waals surface area contributed by atoms with Crippen LogP contribution in [0.3, 0.4) is 0 Å². The molecule has 1 saturated heterocycles. The van der Waals surface area contributed by atoms with Crippen molar-refractivity contribution in [2.24, 2.45) is 0 Å². The van der Waals surface area contributed by atoms with Crippen LogP contribution in [0.4, 0.5) is 0 Å².